The van der Waals surface area contributed by atoms with Crippen molar-refractivity contribution in [1.82, 2.24) is 25.5 Å². The minimum atomic E-state index is -0.788. The maximum Gasteiger partial charge on any atom is 0.324 e. The Balaban J connectivity index is 1.00. The van der Waals surface area contributed by atoms with Gasteiger partial charge in [-0.25, -0.2) is 4.98 Å². The number of nitrogens with zero attached hydrogens (tertiary/aromatic N) is 3. The quantitative estimate of drug-likeness (QED) is 0.137. The van der Waals surface area contributed by atoms with Crippen molar-refractivity contribution in [2.24, 2.45) is 5.92 Å². The van der Waals surface area contributed by atoms with Crippen molar-refractivity contribution >= 4 is 35.1 Å². The number of rotatable bonds is 13. The zero-order valence-electron chi connectivity index (χ0n) is 29.6. The van der Waals surface area contributed by atoms with Crippen molar-refractivity contribution in [2.75, 3.05) is 27.3 Å². The van der Waals surface area contributed by atoms with E-state index in [1.165, 1.54) is 0 Å². The highest BCUT2D eigenvalue weighted by atomic mass is 35.5. The largest absolute Gasteiger partial charge is 0.481 e. The van der Waals surface area contributed by atoms with Crippen LogP contribution in [0.5, 0.6) is 17.6 Å². The molecule has 2 aliphatic carbocycles. The molecule has 0 bridgehead atoms. The highest BCUT2D eigenvalue weighted by Crippen LogP contribution is 2.56. The number of carbonyl (C=O) groups excluding carboxylic acids is 1. The lowest BCUT2D eigenvalue weighted by atomic mass is 9.94. The number of aliphatic carboxylic acids is 1. The molecular formula is C40H41Cl2N5O6. The van der Waals surface area contributed by atoms with E-state index in [2.05, 4.69) is 27.8 Å². The molecule has 0 spiro atoms. The molecule has 4 aliphatic rings. The molecule has 276 valence electrons. The second-order valence-electron chi connectivity index (χ2n) is 14.3. The molecule has 1 saturated carbocycles. The van der Waals surface area contributed by atoms with Gasteiger partial charge in [-0.1, -0.05) is 65.7 Å². The number of hydrogen-bond donors (Lipinski definition) is 3. The van der Waals surface area contributed by atoms with Gasteiger partial charge >= 0.3 is 5.97 Å². The van der Waals surface area contributed by atoms with Crippen molar-refractivity contribution in [3.63, 3.8) is 0 Å². The SMILES string of the molecule is COc1nc(-c2cccc(-c3cccc4c3CC[C@@H]4Oc3nc(OC)c(CN4CC[C@@H]5CC54C(=O)O)cc3Cl)c2Cl)ccc1CNC[C@@H]1CCC(=O)N1. The number of amides is 1. The van der Waals surface area contributed by atoms with Crippen LogP contribution >= 0.6 is 23.2 Å². The third-order valence-corrected chi connectivity index (χ3v) is 11.9. The number of aromatic nitrogens is 2. The van der Waals surface area contributed by atoms with Crippen LogP contribution in [0.1, 0.15) is 60.5 Å². The number of carbonyl (C=O) groups is 2. The molecule has 2 aliphatic heterocycles. The molecule has 3 fully saturated rings. The van der Waals surface area contributed by atoms with Gasteiger partial charge in [-0.05, 0) is 73.4 Å². The average Bonchev–Trinajstić information content (AvgIpc) is 3.35. The van der Waals surface area contributed by atoms with Crippen LogP contribution in [0.15, 0.2) is 54.6 Å². The lowest BCUT2D eigenvalue weighted by molar-refractivity contribution is -0.144. The molecule has 1 unspecified atom stereocenters. The Hall–Kier alpha value is -4.42. The smallest absolute Gasteiger partial charge is 0.324 e. The number of halogens is 2. The molecule has 0 radical (unpaired) electrons. The summed E-state index contributed by atoms with van der Waals surface area (Å²) >= 11 is 14.0. The van der Waals surface area contributed by atoms with Crippen molar-refractivity contribution in [3.05, 3.63) is 86.9 Å². The molecule has 2 saturated heterocycles. The van der Waals surface area contributed by atoms with Crippen LogP contribution in [0, 0.1) is 5.92 Å². The Bertz CT molecular complexity index is 2100. The minimum absolute atomic E-state index is 0.0989. The molecule has 8 rings (SSSR count). The van der Waals surface area contributed by atoms with E-state index in [9.17, 15) is 14.7 Å². The third kappa shape index (κ3) is 6.58. The van der Waals surface area contributed by atoms with Gasteiger partial charge in [0.2, 0.25) is 23.5 Å². The zero-order valence-corrected chi connectivity index (χ0v) is 31.1. The van der Waals surface area contributed by atoms with Gasteiger partial charge in [-0.15, -0.1) is 0 Å². The second-order valence-corrected chi connectivity index (χ2v) is 15.1. The first-order valence-corrected chi connectivity index (χ1v) is 18.8. The lowest BCUT2D eigenvalue weighted by Gasteiger charge is -2.25. The molecule has 2 aromatic heterocycles. The third-order valence-electron chi connectivity index (χ3n) is 11.3. The summed E-state index contributed by atoms with van der Waals surface area (Å²) in [6.45, 7) is 2.33. The van der Waals surface area contributed by atoms with Crippen LogP contribution in [-0.4, -0.2) is 70.7 Å². The topological polar surface area (TPSA) is 135 Å². The fraction of sp³-hybridized carbons (Fsp3) is 0.400. The summed E-state index contributed by atoms with van der Waals surface area (Å²) < 4.78 is 17.8. The van der Waals surface area contributed by atoms with Crippen molar-refractivity contribution < 1.29 is 28.9 Å². The number of carboxylic acids is 1. The van der Waals surface area contributed by atoms with Gasteiger partial charge in [-0.3, -0.25) is 14.5 Å². The van der Waals surface area contributed by atoms with E-state index in [-0.39, 0.29) is 29.9 Å². The van der Waals surface area contributed by atoms with Gasteiger partial charge in [0.1, 0.15) is 16.7 Å². The van der Waals surface area contributed by atoms with E-state index in [4.69, 9.17) is 42.4 Å². The number of nitrogens with one attached hydrogen (secondary N) is 2. The molecule has 11 nitrogen and oxygen atoms in total. The highest BCUT2D eigenvalue weighted by Gasteiger charge is 2.67. The maximum atomic E-state index is 12.1. The normalized spacial score (nSPS) is 23.0. The van der Waals surface area contributed by atoms with E-state index in [1.54, 1.807) is 20.3 Å². The van der Waals surface area contributed by atoms with Crippen LogP contribution < -0.4 is 24.8 Å². The standard InChI is InChI=1S/C40H41Cl2N5O6/c1-51-36-22(19-43-20-25-10-14-34(48)44-25)9-12-32(45-36)30-8-4-7-29(35(30)42)26-5-3-6-28-27(26)11-13-33(28)53-38-31(41)17-23(37(46-38)52-2)21-47-16-15-24-18-40(24,47)39(49)50/h3-9,12,17,24-25,33,43H,10-11,13-16,18-21H2,1-2H3,(H,44,48)(H,49,50)/t24-,25+,33+,40?/m1/s1. The molecule has 4 atom stereocenters. The number of pyridine rings is 2. The van der Waals surface area contributed by atoms with Gasteiger partial charge in [0.25, 0.3) is 0 Å². The molecule has 2 aromatic carbocycles. The predicted octanol–water partition coefficient (Wildman–Crippen LogP) is 6.62. The Labute approximate surface area is 318 Å². The average molecular weight is 759 g/mol. The second kappa shape index (κ2) is 14.4. The summed E-state index contributed by atoms with van der Waals surface area (Å²) in [5.41, 5.74) is 6.46. The maximum absolute atomic E-state index is 12.1. The molecule has 1 amide bonds. The number of carboxylic acid groups (broad SMARTS) is 1. The fourth-order valence-electron chi connectivity index (χ4n) is 8.45. The first-order valence-electron chi connectivity index (χ1n) is 18.0. The van der Waals surface area contributed by atoms with Crippen LogP contribution in [0.2, 0.25) is 10.0 Å². The Morgan fingerprint density at radius 2 is 1.74 bits per heavy atom. The van der Waals surface area contributed by atoms with Gasteiger partial charge < -0.3 is 30.0 Å². The summed E-state index contributed by atoms with van der Waals surface area (Å²) in [5.74, 6) is 0.689. The number of hydrogen-bond acceptors (Lipinski definition) is 9. The first kappa shape index (κ1) is 35.6. The van der Waals surface area contributed by atoms with Crippen LogP contribution in [-0.2, 0) is 29.1 Å². The van der Waals surface area contributed by atoms with Crippen LogP contribution in [0.25, 0.3) is 22.4 Å². The zero-order chi connectivity index (χ0) is 36.9. The van der Waals surface area contributed by atoms with Crippen molar-refractivity contribution in [1.29, 1.82) is 0 Å². The number of benzene rings is 2. The molecule has 4 heterocycles. The van der Waals surface area contributed by atoms with Gasteiger partial charge in [0, 0.05) is 54.4 Å². The van der Waals surface area contributed by atoms with E-state index in [0.717, 1.165) is 64.6 Å². The molecule has 4 aromatic rings. The molecular weight excluding hydrogens is 717 g/mol. The summed E-state index contributed by atoms with van der Waals surface area (Å²) in [6, 6.07) is 18.0. The number of ether oxygens (including phenoxy) is 3. The highest BCUT2D eigenvalue weighted by molar-refractivity contribution is 6.36. The number of piperidine rings is 1. The molecule has 13 heteroatoms. The Morgan fingerprint density at radius 3 is 2.49 bits per heavy atom. The van der Waals surface area contributed by atoms with Crippen LogP contribution in [0.4, 0.5) is 0 Å². The summed E-state index contributed by atoms with van der Waals surface area (Å²) in [6.07, 6.45) is 4.16. The minimum Gasteiger partial charge on any atom is -0.481 e. The summed E-state index contributed by atoms with van der Waals surface area (Å²) in [7, 11) is 3.16. The summed E-state index contributed by atoms with van der Waals surface area (Å²) in [4.78, 5) is 35.1. The Morgan fingerprint density at radius 1 is 0.962 bits per heavy atom. The number of methoxy groups -OCH3 is 2. The van der Waals surface area contributed by atoms with Gasteiger partial charge in [0.05, 0.1) is 24.9 Å². The number of fused-ring (bicyclic) bond motifs is 2. The van der Waals surface area contributed by atoms with E-state index in [0.29, 0.717) is 66.5 Å². The lowest BCUT2D eigenvalue weighted by Crippen LogP contribution is -2.41. The Kier molecular flexibility index (Phi) is 9.69. The predicted molar refractivity (Wildman–Crippen MR) is 201 cm³/mol. The van der Waals surface area contributed by atoms with Crippen molar-refractivity contribution in [2.45, 2.75) is 69.3 Å². The van der Waals surface area contributed by atoms with E-state index in [1.807, 2.05) is 41.3 Å². The fourth-order valence-corrected chi connectivity index (χ4v) is 8.99. The van der Waals surface area contributed by atoms with Crippen molar-refractivity contribution in [3.8, 4) is 40.0 Å². The van der Waals surface area contributed by atoms with E-state index < -0.39 is 11.5 Å². The molecule has 3 N–H and O–H groups in total. The first-order chi connectivity index (χ1) is 25.7. The van der Waals surface area contributed by atoms with E-state index >= 15 is 0 Å². The summed E-state index contributed by atoms with van der Waals surface area (Å²) in [5, 5.41) is 17.3. The number of likely N-dealkylation sites (tertiary alicyclic amines) is 1. The molecule has 53 heavy (non-hydrogen) atoms. The van der Waals surface area contributed by atoms with Gasteiger partial charge in [-0.2, -0.15) is 4.98 Å². The van der Waals surface area contributed by atoms with Crippen LogP contribution in [0.3, 0.4) is 0 Å². The monoisotopic (exact) mass is 757 g/mol. The van der Waals surface area contributed by atoms with Gasteiger partial charge in [0.15, 0.2) is 0 Å².